The van der Waals surface area contributed by atoms with Gasteiger partial charge in [-0.25, -0.2) is 8.42 Å². The van der Waals surface area contributed by atoms with Gasteiger partial charge in [0.1, 0.15) is 0 Å². The van der Waals surface area contributed by atoms with Crippen LogP contribution in [0.2, 0.25) is 0 Å². The topological polar surface area (TPSA) is 71.4 Å². The molecule has 0 saturated carbocycles. The maximum absolute atomic E-state index is 10.9. The molecule has 78 valence electrons. The standard InChI is InChI=1S/C7H14O4S2/c1-2-13(10,11)12-6-4-3-5-7(8)9/h2-6H2,1H3,(H,8,9). The Hall–Kier alpha value is -0.230. The third-order valence-corrected chi connectivity index (χ3v) is 5.21. The van der Waals surface area contributed by atoms with Gasteiger partial charge in [0.25, 0.3) is 0 Å². The minimum Gasteiger partial charge on any atom is -0.481 e. The maximum atomic E-state index is 10.9. The van der Waals surface area contributed by atoms with Crippen LogP contribution in [0.1, 0.15) is 26.2 Å². The number of rotatable bonds is 7. The second-order valence-corrected chi connectivity index (χ2v) is 7.09. The molecule has 0 atom stereocenters. The number of aliphatic carboxylic acids is 1. The van der Waals surface area contributed by atoms with E-state index < -0.39 is 14.8 Å². The molecule has 0 bridgehead atoms. The minimum atomic E-state index is -2.95. The first-order chi connectivity index (χ1) is 5.98. The average Bonchev–Trinajstić information content (AvgIpc) is 2.03. The molecule has 13 heavy (non-hydrogen) atoms. The first-order valence-corrected chi connectivity index (χ1v) is 7.22. The Balaban J connectivity index is 3.42. The van der Waals surface area contributed by atoms with Crippen LogP contribution in [0.5, 0.6) is 0 Å². The van der Waals surface area contributed by atoms with E-state index >= 15 is 0 Å². The lowest BCUT2D eigenvalue weighted by Gasteiger charge is -1.99. The molecule has 0 aliphatic rings. The molecule has 0 aromatic rings. The normalized spacial score (nSPS) is 11.5. The third-order valence-electron chi connectivity index (χ3n) is 1.40. The molecular formula is C7H14O4S2. The molecular weight excluding hydrogens is 212 g/mol. The maximum Gasteiger partial charge on any atom is 0.303 e. The van der Waals surface area contributed by atoms with E-state index in [1.807, 2.05) is 0 Å². The van der Waals surface area contributed by atoms with Crippen LogP contribution in [0.25, 0.3) is 0 Å². The van der Waals surface area contributed by atoms with Crippen LogP contribution in [0, 0.1) is 0 Å². The van der Waals surface area contributed by atoms with Gasteiger partial charge in [-0.15, -0.1) is 0 Å². The fourth-order valence-corrected chi connectivity index (χ4v) is 3.01. The first-order valence-electron chi connectivity index (χ1n) is 4.07. The highest BCUT2D eigenvalue weighted by Crippen LogP contribution is 2.15. The second-order valence-electron chi connectivity index (χ2n) is 2.52. The van der Waals surface area contributed by atoms with Crippen LogP contribution >= 0.6 is 10.8 Å². The number of carboxylic acid groups (broad SMARTS) is 1. The summed E-state index contributed by atoms with van der Waals surface area (Å²) < 4.78 is 21.9. The van der Waals surface area contributed by atoms with Gasteiger partial charge in [0.2, 0.25) is 8.87 Å². The predicted molar refractivity (Wildman–Crippen MR) is 53.4 cm³/mol. The molecule has 4 nitrogen and oxygen atoms in total. The van der Waals surface area contributed by atoms with Gasteiger partial charge >= 0.3 is 5.97 Å². The Morgan fingerprint density at radius 3 is 2.46 bits per heavy atom. The van der Waals surface area contributed by atoms with Crippen molar-refractivity contribution in [1.29, 1.82) is 0 Å². The number of hydrogen-bond acceptors (Lipinski definition) is 4. The molecule has 0 heterocycles. The zero-order chi connectivity index (χ0) is 10.3. The number of hydrogen-bond donors (Lipinski definition) is 1. The fraction of sp³-hybridized carbons (Fsp3) is 0.857. The van der Waals surface area contributed by atoms with Crippen molar-refractivity contribution in [2.45, 2.75) is 26.2 Å². The van der Waals surface area contributed by atoms with Crippen molar-refractivity contribution in [2.24, 2.45) is 0 Å². The van der Waals surface area contributed by atoms with E-state index in [1.165, 1.54) is 0 Å². The third kappa shape index (κ3) is 8.11. The van der Waals surface area contributed by atoms with Crippen molar-refractivity contribution in [3.8, 4) is 0 Å². The molecule has 0 fully saturated rings. The lowest BCUT2D eigenvalue weighted by atomic mass is 10.3. The summed E-state index contributed by atoms with van der Waals surface area (Å²) in [6.45, 7) is 1.60. The van der Waals surface area contributed by atoms with Crippen LogP contribution in [-0.4, -0.2) is 31.0 Å². The smallest absolute Gasteiger partial charge is 0.303 e. The Labute approximate surface area is 82.0 Å². The largest absolute Gasteiger partial charge is 0.481 e. The van der Waals surface area contributed by atoms with Gasteiger partial charge in [0, 0.05) is 12.2 Å². The van der Waals surface area contributed by atoms with Crippen molar-refractivity contribution >= 4 is 25.6 Å². The summed E-state index contributed by atoms with van der Waals surface area (Å²) in [4.78, 5) is 10.1. The Morgan fingerprint density at radius 1 is 1.38 bits per heavy atom. The van der Waals surface area contributed by atoms with Crippen LogP contribution < -0.4 is 0 Å². The predicted octanol–water partition coefficient (Wildman–Crippen LogP) is 1.32. The Kier molecular flexibility index (Phi) is 6.15. The summed E-state index contributed by atoms with van der Waals surface area (Å²) >= 11 is 0. The number of unbranched alkanes of at least 4 members (excludes halogenated alkanes) is 1. The lowest BCUT2D eigenvalue weighted by Crippen LogP contribution is -1.99. The summed E-state index contributed by atoms with van der Waals surface area (Å²) in [5.74, 6) is -0.205. The quantitative estimate of drug-likeness (QED) is 0.523. The molecule has 0 aromatic carbocycles. The van der Waals surface area contributed by atoms with E-state index in [9.17, 15) is 13.2 Å². The van der Waals surface area contributed by atoms with Gasteiger partial charge < -0.3 is 5.11 Å². The van der Waals surface area contributed by atoms with E-state index in [0.717, 1.165) is 10.8 Å². The first kappa shape index (κ1) is 12.8. The number of carbonyl (C=O) groups is 1. The monoisotopic (exact) mass is 226 g/mol. The highest BCUT2D eigenvalue weighted by atomic mass is 33.1. The van der Waals surface area contributed by atoms with Gasteiger partial charge in [-0.05, 0) is 23.6 Å². The molecule has 0 saturated heterocycles. The van der Waals surface area contributed by atoms with E-state index in [2.05, 4.69) is 0 Å². The Morgan fingerprint density at radius 2 is 2.00 bits per heavy atom. The van der Waals surface area contributed by atoms with Crippen molar-refractivity contribution in [3.63, 3.8) is 0 Å². The van der Waals surface area contributed by atoms with Crippen LogP contribution in [0.4, 0.5) is 0 Å². The molecule has 0 unspecified atom stereocenters. The SMILES string of the molecule is CCS(=O)(=O)SCCCCC(=O)O. The van der Waals surface area contributed by atoms with Gasteiger partial charge in [-0.3, -0.25) is 4.79 Å². The summed E-state index contributed by atoms with van der Waals surface area (Å²) in [5.41, 5.74) is 0. The molecule has 0 aliphatic heterocycles. The molecule has 0 spiro atoms. The highest BCUT2D eigenvalue weighted by Gasteiger charge is 2.07. The fourth-order valence-electron chi connectivity index (χ4n) is 0.648. The lowest BCUT2D eigenvalue weighted by molar-refractivity contribution is -0.137. The molecule has 0 aliphatic carbocycles. The minimum absolute atomic E-state index is 0.118. The van der Waals surface area contributed by atoms with Crippen LogP contribution in [-0.2, 0) is 13.7 Å². The molecule has 0 rings (SSSR count). The Bertz CT molecular complexity index is 245. The van der Waals surface area contributed by atoms with Crippen molar-refractivity contribution in [3.05, 3.63) is 0 Å². The van der Waals surface area contributed by atoms with Gasteiger partial charge in [-0.1, -0.05) is 6.92 Å². The van der Waals surface area contributed by atoms with Crippen LogP contribution in [0.15, 0.2) is 0 Å². The zero-order valence-electron chi connectivity index (χ0n) is 7.52. The van der Waals surface area contributed by atoms with Gasteiger partial charge in [0.05, 0.1) is 5.75 Å². The molecule has 0 radical (unpaired) electrons. The van der Waals surface area contributed by atoms with E-state index in [-0.39, 0.29) is 12.2 Å². The molecule has 6 heteroatoms. The van der Waals surface area contributed by atoms with Gasteiger partial charge in [-0.2, -0.15) is 0 Å². The van der Waals surface area contributed by atoms with Crippen molar-refractivity contribution in [2.75, 3.05) is 11.5 Å². The average molecular weight is 226 g/mol. The van der Waals surface area contributed by atoms with Gasteiger partial charge in [0.15, 0.2) is 0 Å². The molecule has 0 aromatic heterocycles. The molecule has 0 amide bonds. The van der Waals surface area contributed by atoms with E-state index in [0.29, 0.717) is 18.6 Å². The van der Waals surface area contributed by atoms with Crippen molar-refractivity contribution < 1.29 is 18.3 Å². The molecule has 1 N–H and O–H groups in total. The zero-order valence-corrected chi connectivity index (χ0v) is 9.16. The van der Waals surface area contributed by atoms with Crippen LogP contribution in [0.3, 0.4) is 0 Å². The second kappa shape index (κ2) is 6.26. The highest BCUT2D eigenvalue weighted by molar-refractivity contribution is 8.72. The summed E-state index contributed by atoms with van der Waals surface area (Å²) in [7, 11) is -2.04. The summed E-state index contributed by atoms with van der Waals surface area (Å²) in [5, 5.41) is 8.29. The summed E-state index contributed by atoms with van der Waals surface area (Å²) in [6.07, 6.45) is 1.30. The van der Waals surface area contributed by atoms with E-state index in [4.69, 9.17) is 5.11 Å². The van der Waals surface area contributed by atoms with Crippen molar-refractivity contribution in [1.82, 2.24) is 0 Å². The number of carboxylic acids is 1. The van der Waals surface area contributed by atoms with E-state index in [1.54, 1.807) is 6.92 Å². The summed E-state index contributed by atoms with van der Waals surface area (Å²) in [6, 6.07) is 0.